The van der Waals surface area contributed by atoms with Crippen molar-refractivity contribution in [1.29, 1.82) is 0 Å². The highest BCUT2D eigenvalue weighted by Gasteiger charge is 2.27. The zero-order chi connectivity index (χ0) is 16.9. The van der Waals surface area contributed by atoms with E-state index in [2.05, 4.69) is 61.2 Å². The largest absolute Gasteiger partial charge is 0.343 e. The first kappa shape index (κ1) is 17.0. The van der Waals surface area contributed by atoms with Crippen molar-refractivity contribution in [2.45, 2.75) is 33.2 Å². The van der Waals surface area contributed by atoms with Crippen LogP contribution in [0.5, 0.6) is 0 Å². The van der Waals surface area contributed by atoms with Gasteiger partial charge in [-0.1, -0.05) is 36.4 Å². The zero-order valence-electron chi connectivity index (χ0n) is 14.9. The van der Waals surface area contributed by atoms with Crippen molar-refractivity contribution in [3.8, 4) is 0 Å². The summed E-state index contributed by atoms with van der Waals surface area (Å²) in [4.78, 5) is 16.9. The van der Waals surface area contributed by atoms with Crippen LogP contribution in [0.2, 0.25) is 0 Å². The number of piperidine rings is 1. The Morgan fingerprint density at radius 1 is 1.04 bits per heavy atom. The van der Waals surface area contributed by atoms with Crippen LogP contribution < -0.4 is 0 Å². The first-order valence-corrected chi connectivity index (χ1v) is 9.20. The van der Waals surface area contributed by atoms with Crippen LogP contribution in [0.15, 0.2) is 42.5 Å². The van der Waals surface area contributed by atoms with Gasteiger partial charge in [-0.15, -0.1) is 0 Å². The van der Waals surface area contributed by atoms with Crippen LogP contribution in [0.1, 0.15) is 32.3 Å². The molecule has 3 nitrogen and oxygen atoms in total. The van der Waals surface area contributed by atoms with Gasteiger partial charge < -0.3 is 4.90 Å². The summed E-state index contributed by atoms with van der Waals surface area (Å²) in [5.41, 5.74) is 1.36. The number of carbonyl (C=O) groups excluding carboxylic acids is 1. The van der Waals surface area contributed by atoms with Crippen molar-refractivity contribution in [3.05, 3.63) is 48.0 Å². The van der Waals surface area contributed by atoms with Crippen LogP contribution in [-0.4, -0.2) is 41.9 Å². The lowest BCUT2D eigenvalue weighted by atomic mass is 9.94. The molecule has 1 aliphatic heterocycles. The molecule has 1 aliphatic rings. The van der Waals surface area contributed by atoms with E-state index in [4.69, 9.17) is 0 Å². The maximum Gasteiger partial charge on any atom is 0.225 e. The van der Waals surface area contributed by atoms with Crippen LogP contribution in [0.4, 0.5) is 0 Å². The molecule has 0 aliphatic carbocycles. The van der Waals surface area contributed by atoms with E-state index in [9.17, 15) is 4.79 Å². The molecule has 1 heterocycles. The summed E-state index contributed by atoms with van der Waals surface area (Å²) in [6.45, 7) is 8.80. The minimum absolute atomic E-state index is 0.220. The number of amides is 1. The van der Waals surface area contributed by atoms with Crippen LogP contribution >= 0.6 is 0 Å². The van der Waals surface area contributed by atoms with Gasteiger partial charge in [0.1, 0.15) is 0 Å². The summed E-state index contributed by atoms with van der Waals surface area (Å²) in [7, 11) is 0. The number of fused-ring (bicyclic) bond motifs is 1. The summed E-state index contributed by atoms with van der Waals surface area (Å²) in [5, 5.41) is 2.60. The standard InChI is InChI=1S/C21H28N2O/c1-3-23(4-2)21(24)19-11-13-22(14-12-19)16-17-9-10-18-7-5-6-8-20(18)15-17/h5-10,15,19H,3-4,11-14,16H2,1-2H3. The van der Waals surface area contributed by atoms with E-state index >= 15 is 0 Å². The summed E-state index contributed by atoms with van der Waals surface area (Å²) < 4.78 is 0. The molecule has 1 fully saturated rings. The van der Waals surface area contributed by atoms with E-state index < -0.39 is 0 Å². The average molecular weight is 324 g/mol. The number of rotatable bonds is 5. The molecule has 2 aromatic rings. The Labute approximate surface area is 145 Å². The molecular formula is C21H28N2O. The van der Waals surface area contributed by atoms with E-state index in [0.717, 1.165) is 45.6 Å². The lowest BCUT2D eigenvalue weighted by Crippen LogP contribution is -2.42. The van der Waals surface area contributed by atoms with E-state index in [-0.39, 0.29) is 5.92 Å². The van der Waals surface area contributed by atoms with Gasteiger partial charge in [-0.2, -0.15) is 0 Å². The predicted octanol–water partition coefficient (Wildman–Crippen LogP) is 3.92. The van der Waals surface area contributed by atoms with Gasteiger partial charge in [0.2, 0.25) is 5.91 Å². The molecule has 0 N–H and O–H groups in total. The topological polar surface area (TPSA) is 23.6 Å². The molecule has 128 valence electrons. The number of nitrogens with zero attached hydrogens (tertiary/aromatic N) is 2. The predicted molar refractivity (Wildman–Crippen MR) is 99.9 cm³/mol. The molecule has 0 atom stereocenters. The number of carbonyl (C=O) groups is 1. The highest BCUT2D eigenvalue weighted by atomic mass is 16.2. The van der Waals surface area contributed by atoms with E-state index in [1.165, 1.54) is 16.3 Å². The van der Waals surface area contributed by atoms with Gasteiger partial charge in [-0.25, -0.2) is 0 Å². The molecule has 3 heteroatoms. The highest BCUT2D eigenvalue weighted by Crippen LogP contribution is 2.22. The van der Waals surface area contributed by atoms with Crippen molar-refractivity contribution >= 4 is 16.7 Å². The molecule has 0 bridgehead atoms. The van der Waals surface area contributed by atoms with Crippen LogP contribution in [0.25, 0.3) is 10.8 Å². The maximum atomic E-state index is 12.5. The highest BCUT2D eigenvalue weighted by molar-refractivity contribution is 5.83. The molecule has 0 saturated carbocycles. The van der Waals surface area contributed by atoms with Crippen molar-refractivity contribution in [2.24, 2.45) is 5.92 Å². The van der Waals surface area contributed by atoms with E-state index in [1.807, 2.05) is 4.90 Å². The number of hydrogen-bond acceptors (Lipinski definition) is 2. The van der Waals surface area contributed by atoms with Gasteiger partial charge in [-0.3, -0.25) is 9.69 Å². The molecule has 0 radical (unpaired) electrons. The van der Waals surface area contributed by atoms with E-state index in [1.54, 1.807) is 0 Å². The van der Waals surface area contributed by atoms with Crippen molar-refractivity contribution < 1.29 is 4.79 Å². The van der Waals surface area contributed by atoms with Gasteiger partial charge >= 0.3 is 0 Å². The molecule has 1 saturated heterocycles. The Bertz CT molecular complexity index is 685. The quantitative estimate of drug-likeness (QED) is 0.832. The lowest BCUT2D eigenvalue weighted by molar-refractivity contribution is -0.136. The third kappa shape index (κ3) is 3.78. The van der Waals surface area contributed by atoms with Crippen LogP contribution in [0.3, 0.4) is 0 Å². The third-order valence-electron chi connectivity index (χ3n) is 5.23. The average Bonchev–Trinajstić information content (AvgIpc) is 2.63. The fourth-order valence-electron chi connectivity index (χ4n) is 3.73. The first-order valence-electron chi connectivity index (χ1n) is 9.20. The first-order chi connectivity index (χ1) is 11.7. The second-order valence-corrected chi connectivity index (χ2v) is 6.74. The number of likely N-dealkylation sites (tertiary alicyclic amines) is 1. The Hall–Kier alpha value is -1.87. The van der Waals surface area contributed by atoms with Crippen LogP contribution in [-0.2, 0) is 11.3 Å². The monoisotopic (exact) mass is 324 g/mol. The van der Waals surface area contributed by atoms with Crippen molar-refractivity contribution in [1.82, 2.24) is 9.80 Å². The molecule has 0 unspecified atom stereocenters. The van der Waals surface area contributed by atoms with Gasteiger partial charge in [-0.05, 0) is 62.2 Å². The second kappa shape index (κ2) is 7.80. The molecule has 24 heavy (non-hydrogen) atoms. The van der Waals surface area contributed by atoms with Gasteiger partial charge in [0.15, 0.2) is 0 Å². The maximum absolute atomic E-state index is 12.5. The molecule has 2 aromatic carbocycles. The summed E-state index contributed by atoms with van der Waals surface area (Å²) in [6.07, 6.45) is 1.98. The Morgan fingerprint density at radius 3 is 2.38 bits per heavy atom. The van der Waals surface area contributed by atoms with Gasteiger partial charge in [0, 0.05) is 25.6 Å². The normalized spacial score (nSPS) is 16.4. The summed E-state index contributed by atoms with van der Waals surface area (Å²) in [5.74, 6) is 0.572. The fraction of sp³-hybridized carbons (Fsp3) is 0.476. The molecule has 3 rings (SSSR count). The SMILES string of the molecule is CCN(CC)C(=O)C1CCN(Cc2ccc3ccccc3c2)CC1. The minimum atomic E-state index is 0.220. The van der Waals surface area contributed by atoms with Crippen molar-refractivity contribution in [3.63, 3.8) is 0 Å². The molecule has 0 aromatic heterocycles. The number of hydrogen-bond donors (Lipinski definition) is 0. The third-order valence-corrected chi connectivity index (χ3v) is 5.23. The molecule has 0 spiro atoms. The Morgan fingerprint density at radius 2 is 1.71 bits per heavy atom. The fourth-order valence-corrected chi connectivity index (χ4v) is 3.73. The van der Waals surface area contributed by atoms with Crippen LogP contribution in [0, 0.1) is 5.92 Å². The molecule has 1 amide bonds. The zero-order valence-corrected chi connectivity index (χ0v) is 14.9. The Balaban J connectivity index is 1.57. The van der Waals surface area contributed by atoms with Gasteiger partial charge in [0.25, 0.3) is 0 Å². The van der Waals surface area contributed by atoms with Gasteiger partial charge in [0.05, 0.1) is 0 Å². The van der Waals surface area contributed by atoms with E-state index in [0.29, 0.717) is 5.91 Å². The summed E-state index contributed by atoms with van der Waals surface area (Å²) in [6, 6.07) is 15.2. The second-order valence-electron chi connectivity index (χ2n) is 6.74. The van der Waals surface area contributed by atoms with Crippen molar-refractivity contribution in [2.75, 3.05) is 26.2 Å². The number of benzene rings is 2. The smallest absolute Gasteiger partial charge is 0.225 e. The lowest BCUT2D eigenvalue weighted by Gasteiger charge is -2.33. The minimum Gasteiger partial charge on any atom is -0.343 e. The molecular weight excluding hydrogens is 296 g/mol. The summed E-state index contributed by atoms with van der Waals surface area (Å²) >= 11 is 0. The Kier molecular flexibility index (Phi) is 5.52.